The topological polar surface area (TPSA) is 47.6 Å². The van der Waals surface area contributed by atoms with Crippen LogP contribution in [0.5, 0.6) is 11.5 Å². The number of fused-ring (bicyclic) bond motifs is 1. The Balaban J connectivity index is 1.49. The highest BCUT2D eigenvalue weighted by Crippen LogP contribution is 2.30. The molecule has 2 heterocycles. The molecule has 0 bridgehead atoms. The van der Waals surface area contributed by atoms with Gasteiger partial charge in [0.15, 0.2) is 11.5 Å². The molecule has 2 aromatic rings. The van der Waals surface area contributed by atoms with Crippen molar-refractivity contribution in [3.05, 3.63) is 52.7 Å². The van der Waals surface area contributed by atoms with Crippen LogP contribution in [-0.2, 0) is 4.79 Å². The second kappa shape index (κ2) is 6.45. The second-order valence-electron chi connectivity index (χ2n) is 4.59. The molecular weight excluding hydrogens is 286 g/mol. The Morgan fingerprint density at radius 3 is 2.95 bits per heavy atom. The number of carbonyl (C=O) groups excluding carboxylic acids is 1. The van der Waals surface area contributed by atoms with Crippen LogP contribution in [0, 0.1) is 0 Å². The third-order valence-corrected chi connectivity index (χ3v) is 3.85. The lowest BCUT2D eigenvalue weighted by atomic mass is 10.2. The molecule has 21 heavy (non-hydrogen) atoms. The van der Waals surface area contributed by atoms with Crippen LogP contribution in [0.3, 0.4) is 0 Å². The number of rotatable bonds is 4. The van der Waals surface area contributed by atoms with E-state index in [4.69, 9.17) is 9.47 Å². The van der Waals surface area contributed by atoms with Crippen LogP contribution in [0.1, 0.15) is 4.88 Å². The standard InChI is InChI=1S/C16H15NO3S/c18-16(8-7-13-4-3-9-21-13)17-10-12-11-19-14-5-1-2-6-15(14)20-12/h1-9,12H,10-11H2,(H,17,18)/b8-7+/t12-/m0/s1. The van der Waals surface area contributed by atoms with Crippen molar-refractivity contribution >= 4 is 23.3 Å². The van der Waals surface area contributed by atoms with Crippen molar-refractivity contribution in [3.63, 3.8) is 0 Å². The lowest BCUT2D eigenvalue weighted by molar-refractivity contribution is -0.116. The number of hydrogen-bond acceptors (Lipinski definition) is 4. The first-order chi connectivity index (χ1) is 10.3. The van der Waals surface area contributed by atoms with E-state index in [1.165, 1.54) is 6.08 Å². The van der Waals surface area contributed by atoms with E-state index in [1.807, 2.05) is 41.8 Å². The predicted molar refractivity (Wildman–Crippen MR) is 82.7 cm³/mol. The van der Waals surface area contributed by atoms with Crippen LogP contribution >= 0.6 is 11.3 Å². The number of amides is 1. The van der Waals surface area contributed by atoms with Gasteiger partial charge in [-0.2, -0.15) is 0 Å². The lowest BCUT2D eigenvalue weighted by Gasteiger charge is -2.26. The quantitative estimate of drug-likeness (QED) is 0.883. The summed E-state index contributed by atoms with van der Waals surface area (Å²) in [6.07, 6.45) is 3.16. The average Bonchev–Trinajstić information content (AvgIpc) is 3.04. The van der Waals surface area contributed by atoms with Crippen molar-refractivity contribution in [3.8, 4) is 11.5 Å². The third-order valence-electron chi connectivity index (χ3n) is 3.01. The number of thiophene rings is 1. The number of carbonyl (C=O) groups is 1. The minimum atomic E-state index is -0.168. The highest BCUT2D eigenvalue weighted by Gasteiger charge is 2.20. The van der Waals surface area contributed by atoms with Gasteiger partial charge in [-0.15, -0.1) is 11.3 Å². The Bertz CT molecular complexity index is 637. The van der Waals surface area contributed by atoms with E-state index in [9.17, 15) is 4.79 Å². The lowest BCUT2D eigenvalue weighted by Crippen LogP contribution is -2.40. The molecule has 0 saturated heterocycles. The zero-order chi connectivity index (χ0) is 14.5. The molecule has 1 amide bonds. The van der Waals surface area contributed by atoms with Crippen molar-refractivity contribution in [2.24, 2.45) is 0 Å². The normalized spacial score (nSPS) is 16.9. The van der Waals surface area contributed by atoms with Gasteiger partial charge in [0.2, 0.25) is 5.91 Å². The summed E-state index contributed by atoms with van der Waals surface area (Å²) in [4.78, 5) is 12.8. The van der Waals surface area contributed by atoms with Gasteiger partial charge in [-0.1, -0.05) is 18.2 Å². The van der Waals surface area contributed by atoms with E-state index in [1.54, 1.807) is 17.4 Å². The zero-order valence-corrected chi connectivity index (χ0v) is 12.1. The summed E-state index contributed by atoms with van der Waals surface area (Å²) in [6, 6.07) is 11.4. The monoisotopic (exact) mass is 301 g/mol. The number of hydrogen-bond donors (Lipinski definition) is 1. The maximum Gasteiger partial charge on any atom is 0.244 e. The molecule has 1 aliphatic rings. The fourth-order valence-corrected chi connectivity index (χ4v) is 2.60. The van der Waals surface area contributed by atoms with Crippen LogP contribution in [0.4, 0.5) is 0 Å². The van der Waals surface area contributed by atoms with Crippen LogP contribution in [0.25, 0.3) is 6.08 Å². The molecule has 0 radical (unpaired) electrons. The molecule has 1 atom stereocenters. The zero-order valence-electron chi connectivity index (χ0n) is 11.3. The largest absolute Gasteiger partial charge is 0.486 e. The van der Waals surface area contributed by atoms with Crippen molar-refractivity contribution in [1.82, 2.24) is 5.32 Å². The van der Waals surface area contributed by atoms with E-state index in [-0.39, 0.29) is 12.0 Å². The average molecular weight is 301 g/mol. The summed E-state index contributed by atoms with van der Waals surface area (Å²) < 4.78 is 11.4. The van der Waals surface area contributed by atoms with Gasteiger partial charge in [0, 0.05) is 11.0 Å². The predicted octanol–water partition coefficient (Wildman–Crippen LogP) is 2.72. The molecule has 1 N–H and O–H groups in total. The first-order valence-electron chi connectivity index (χ1n) is 6.69. The molecule has 5 heteroatoms. The van der Waals surface area contributed by atoms with Crippen LogP contribution in [0.15, 0.2) is 47.9 Å². The van der Waals surface area contributed by atoms with Crippen molar-refractivity contribution in [2.75, 3.05) is 13.2 Å². The highest BCUT2D eigenvalue weighted by molar-refractivity contribution is 7.10. The van der Waals surface area contributed by atoms with E-state index in [0.29, 0.717) is 13.2 Å². The molecule has 4 nitrogen and oxygen atoms in total. The Hall–Kier alpha value is -2.27. The molecule has 0 fully saturated rings. The fraction of sp³-hybridized carbons (Fsp3) is 0.188. The van der Waals surface area contributed by atoms with Crippen LogP contribution in [-0.4, -0.2) is 25.2 Å². The Morgan fingerprint density at radius 1 is 1.29 bits per heavy atom. The van der Waals surface area contributed by atoms with Crippen LogP contribution in [0.2, 0.25) is 0 Å². The molecule has 1 aromatic heterocycles. The maximum absolute atomic E-state index is 11.7. The molecular formula is C16H15NO3S. The maximum atomic E-state index is 11.7. The summed E-state index contributed by atoms with van der Waals surface area (Å²) in [5.74, 6) is 1.33. The first kappa shape index (κ1) is 13.7. The van der Waals surface area contributed by atoms with Gasteiger partial charge in [-0.3, -0.25) is 4.79 Å². The molecule has 1 aromatic carbocycles. The smallest absolute Gasteiger partial charge is 0.244 e. The fourth-order valence-electron chi connectivity index (χ4n) is 1.98. The summed E-state index contributed by atoms with van der Waals surface area (Å²) >= 11 is 1.59. The van der Waals surface area contributed by atoms with Gasteiger partial charge in [0.1, 0.15) is 12.7 Å². The van der Waals surface area contributed by atoms with Crippen LogP contribution < -0.4 is 14.8 Å². The molecule has 0 saturated carbocycles. The van der Waals surface area contributed by atoms with Crippen molar-refractivity contribution in [1.29, 1.82) is 0 Å². The summed E-state index contributed by atoms with van der Waals surface area (Å²) in [6.45, 7) is 0.855. The van der Waals surface area contributed by atoms with E-state index in [0.717, 1.165) is 16.4 Å². The minimum Gasteiger partial charge on any atom is -0.486 e. The third kappa shape index (κ3) is 3.64. The molecule has 0 unspecified atom stereocenters. The molecule has 108 valence electrons. The summed E-state index contributed by atoms with van der Waals surface area (Å²) in [5.41, 5.74) is 0. The SMILES string of the molecule is O=C(/C=C/c1cccs1)NC[C@H]1COc2ccccc2O1. The number of ether oxygens (including phenoxy) is 2. The Kier molecular flexibility index (Phi) is 4.21. The van der Waals surface area contributed by atoms with Gasteiger partial charge >= 0.3 is 0 Å². The highest BCUT2D eigenvalue weighted by atomic mass is 32.1. The molecule has 0 spiro atoms. The minimum absolute atomic E-state index is 0.133. The Labute approximate surface area is 127 Å². The molecule has 1 aliphatic heterocycles. The van der Waals surface area contributed by atoms with Crippen molar-refractivity contribution in [2.45, 2.75) is 6.10 Å². The number of para-hydroxylation sites is 2. The molecule has 3 rings (SSSR count). The van der Waals surface area contributed by atoms with Gasteiger partial charge in [-0.05, 0) is 29.7 Å². The van der Waals surface area contributed by atoms with E-state index < -0.39 is 0 Å². The number of nitrogens with one attached hydrogen (secondary N) is 1. The first-order valence-corrected chi connectivity index (χ1v) is 7.57. The van der Waals surface area contributed by atoms with E-state index in [2.05, 4.69) is 5.32 Å². The Morgan fingerprint density at radius 2 is 2.14 bits per heavy atom. The number of benzene rings is 1. The van der Waals surface area contributed by atoms with Gasteiger partial charge in [-0.25, -0.2) is 0 Å². The van der Waals surface area contributed by atoms with Gasteiger partial charge in [0.05, 0.1) is 6.54 Å². The summed E-state index contributed by atoms with van der Waals surface area (Å²) in [7, 11) is 0. The second-order valence-corrected chi connectivity index (χ2v) is 5.57. The van der Waals surface area contributed by atoms with Gasteiger partial charge < -0.3 is 14.8 Å². The molecule has 0 aliphatic carbocycles. The summed E-state index contributed by atoms with van der Waals surface area (Å²) in [5, 5.41) is 4.79. The van der Waals surface area contributed by atoms with Gasteiger partial charge in [0.25, 0.3) is 0 Å². The van der Waals surface area contributed by atoms with Crippen molar-refractivity contribution < 1.29 is 14.3 Å². The van der Waals surface area contributed by atoms with E-state index >= 15 is 0 Å².